The number of anilines is 1. The first kappa shape index (κ1) is 15.5. The van der Waals surface area contributed by atoms with Crippen molar-refractivity contribution in [2.24, 2.45) is 0 Å². The zero-order valence-corrected chi connectivity index (χ0v) is 14.6. The van der Waals surface area contributed by atoms with Gasteiger partial charge in [-0.05, 0) is 32.6 Å². The standard InChI is InChI=1S/C18H25N5O2/c1-10-7-23-8-12(6-13(23)9-25-10)20-17-14-4-5-19-18(24)15(14)21-16(22-17)11-2-3-11/h10-13H,2-9H2,1H3,(H,19,24)(H,20,21,22)/t10-,12+,13-/m0/s1. The number of aromatic nitrogens is 2. The molecule has 0 aromatic carbocycles. The van der Waals surface area contributed by atoms with Crippen molar-refractivity contribution >= 4 is 11.7 Å². The van der Waals surface area contributed by atoms with Crippen molar-refractivity contribution in [1.29, 1.82) is 0 Å². The highest BCUT2D eigenvalue weighted by Gasteiger charge is 2.37. The monoisotopic (exact) mass is 343 g/mol. The van der Waals surface area contributed by atoms with Crippen LogP contribution in [0.2, 0.25) is 0 Å². The summed E-state index contributed by atoms with van der Waals surface area (Å²) in [7, 11) is 0. The molecule has 1 saturated carbocycles. The molecule has 4 heterocycles. The first-order valence-electron chi connectivity index (χ1n) is 9.48. The second-order valence-corrected chi connectivity index (χ2v) is 7.87. The minimum Gasteiger partial charge on any atom is -0.376 e. The number of nitrogens with zero attached hydrogens (tertiary/aromatic N) is 3. The van der Waals surface area contributed by atoms with Crippen LogP contribution in [0.15, 0.2) is 0 Å². The van der Waals surface area contributed by atoms with Crippen LogP contribution >= 0.6 is 0 Å². The van der Waals surface area contributed by atoms with Crippen LogP contribution in [0.25, 0.3) is 0 Å². The van der Waals surface area contributed by atoms with E-state index in [1.807, 2.05) is 0 Å². The lowest BCUT2D eigenvalue weighted by Crippen LogP contribution is -2.45. The highest BCUT2D eigenvalue weighted by atomic mass is 16.5. The average molecular weight is 343 g/mol. The van der Waals surface area contributed by atoms with E-state index >= 15 is 0 Å². The zero-order chi connectivity index (χ0) is 17.0. The quantitative estimate of drug-likeness (QED) is 0.849. The molecule has 3 aliphatic heterocycles. The molecule has 3 fully saturated rings. The normalized spacial score (nSPS) is 32.0. The SMILES string of the molecule is C[C@H]1CN2C[C@H](Nc3nc(C4CC4)nc4c3CCNC4=O)C[C@H]2CO1. The zero-order valence-electron chi connectivity index (χ0n) is 14.6. The number of carbonyl (C=O) groups excluding carboxylic acids is 1. The van der Waals surface area contributed by atoms with Gasteiger partial charge in [0.1, 0.15) is 17.3 Å². The van der Waals surface area contributed by atoms with Gasteiger partial charge in [-0.2, -0.15) is 0 Å². The fourth-order valence-corrected chi connectivity index (χ4v) is 4.29. The summed E-state index contributed by atoms with van der Waals surface area (Å²) in [5.74, 6) is 2.11. The third-order valence-electron chi connectivity index (χ3n) is 5.78. The Bertz CT molecular complexity index is 705. The molecule has 2 saturated heterocycles. The lowest BCUT2D eigenvalue weighted by molar-refractivity contribution is -0.0390. The average Bonchev–Trinajstić information content (AvgIpc) is 3.37. The number of ether oxygens (including phenoxy) is 1. The minimum atomic E-state index is -0.0559. The Labute approximate surface area is 147 Å². The molecule has 134 valence electrons. The number of amides is 1. The molecular formula is C18H25N5O2. The molecule has 7 heteroatoms. The second kappa shape index (κ2) is 5.92. The van der Waals surface area contributed by atoms with E-state index in [1.54, 1.807) is 0 Å². The molecule has 1 aromatic rings. The Balaban J connectivity index is 1.41. The van der Waals surface area contributed by atoms with Crippen molar-refractivity contribution in [2.45, 2.75) is 56.7 Å². The van der Waals surface area contributed by atoms with Gasteiger partial charge in [-0.25, -0.2) is 9.97 Å². The largest absolute Gasteiger partial charge is 0.376 e. The van der Waals surface area contributed by atoms with Gasteiger partial charge in [0.25, 0.3) is 5.91 Å². The number of nitrogens with one attached hydrogen (secondary N) is 2. The van der Waals surface area contributed by atoms with Gasteiger partial charge in [0, 0.05) is 43.2 Å². The molecule has 1 aromatic heterocycles. The Kier molecular flexibility index (Phi) is 3.67. The fourth-order valence-electron chi connectivity index (χ4n) is 4.29. The minimum absolute atomic E-state index is 0.0559. The lowest BCUT2D eigenvalue weighted by atomic mass is 10.1. The maximum Gasteiger partial charge on any atom is 0.270 e. The maximum atomic E-state index is 12.3. The third-order valence-corrected chi connectivity index (χ3v) is 5.78. The third kappa shape index (κ3) is 2.89. The summed E-state index contributed by atoms with van der Waals surface area (Å²) in [6.07, 6.45) is 4.44. The molecule has 0 unspecified atom stereocenters. The van der Waals surface area contributed by atoms with E-state index in [1.165, 1.54) is 0 Å². The van der Waals surface area contributed by atoms with Crippen LogP contribution in [0, 0.1) is 0 Å². The number of carbonyl (C=O) groups is 1. The van der Waals surface area contributed by atoms with E-state index in [-0.39, 0.29) is 5.91 Å². The van der Waals surface area contributed by atoms with Crippen molar-refractivity contribution in [2.75, 3.05) is 31.6 Å². The summed E-state index contributed by atoms with van der Waals surface area (Å²) in [5.41, 5.74) is 1.57. The summed E-state index contributed by atoms with van der Waals surface area (Å²) in [5, 5.41) is 6.56. The number of fused-ring (bicyclic) bond motifs is 2. The molecule has 25 heavy (non-hydrogen) atoms. The number of hydrogen-bond acceptors (Lipinski definition) is 6. The molecule has 1 aliphatic carbocycles. The number of hydrogen-bond donors (Lipinski definition) is 2. The van der Waals surface area contributed by atoms with Gasteiger partial charge >= 0.3 is 0 Å². The Morgan fingerprint density at radius 1 is 1.28 bits per heavy atom. The lowest BCUT2D eigenvalue weighted by Gasteiger charge is -2.33. The summed E-state index contributed by atoms with van der Waals surface area (Å²) in [6, 6.07) is 0.854. The van der Waals surface area contributed by atoms with Gasteiger partial charge in [-0.1, -0.05) is 0 Å². The van der Waals surface area contributed by atoms with Gasteiger partial charge in [-0.15, -0.1) is 0 Å². The maximum absolute atomic E-state index is 12.3. The van der Waals surface area contributed by atoms with Crippen LogP contribution < -0.4 is 10.6 Å². The predicted molar refractivity (Wildman–Crippen MR) is 92.8 cm³/mol. The highest BCUT2D eigenvalue weighted by Crippen LogP contribution is 2.39. The van der Waals surface area contributed by atoms with Gasteiger partial charge in [0.15, 0.2) is 0 Å². The second-order valence-electron chi connectivity index (χ2n) is 7.87. The van der Waals surface area contributed by atoms with Gasteiger partial charge in [0.2, 0.25) is 0 Å². The van der Waals surface area contributed by atoms with E-state index in [0.717, 1.165) is 62.6 Å². The van der Waals surface area contributed by atoms with Crippen LogP contribution in [0.1, 0.15) is 54.0 Å². The molecule has 0 radical (unpaired) electrons. The van der Waals surface area contributed by atoms with Crippen LogP contribution in [0.4, 0.5) is 5.82 Å². The van der Waals surface area contributed by atoms with Crippen LogP contribution in [-0.2, 0) is 11.2 Å². The smallest absolute Gasteiger partial charge is 0.270 e. The van der Waals surface area contributed by atoms with Gasteiger partial charge in [0.05, 0.1) is 12.7 Å². The van der Waals surface area contributed by atoms with Crippen molar-refractivity contribution < 1.29 is 9.53 Å². The van der Waals surface area contributed by atoms with Crippen LogP contribution in [0.3, 0.4) is 0 Å². The summed E-state index contributed by atoms with van der Waals surface area (Å²) < 4.78 is 5.81. The molecule has 5 rings (SSSR count). The molecule has 0 spiro atoms. The van der Waals surface area contributed by atoms with E-state index in [0.29, 0.717) is 36.3 Å². The van der Waals surface area contributed by atoms with Crippen LogP contribution in [-0.4, -0.2) is 65.2 Å². The number of morpholine rings is 1. The van der Waals surface area contributed by atoms with E-state index in [2.05, 4.69) is 27.4 Å². The predicted octanol–water partition coefficient (Wildman–Crippen LogP) is 0.913. The molecule has 0 bridgehead atoms. The number of rotatable bonds is 3. The molecule has 7 nitrogen and oxygen atoms in total. The van der Waals surface area contributed by atoms with Gasteiger partial charge in [-0.3, -0.25) is 9.69 Å². The van der Waals surface area contributed by atoms with Crippen molar-refractivity contribution in [3.63, 3.8) is 0 Å². The summed E-state index contributed by atoms with van der Waals surface area (Å²) in [6.45, 7) is 5.63. The molecule has 2 N–H and O–H groups in total. The van der Waals surface area contributed by atoms with Crippen molar-refractivity contribution in [1.82, 2.24) is 20.2 Å². The first-order valence-corrected chi connectivity index (χ1v) is 9.48. The molecule has 3 atom stereocenters. The summed E-state index contributed by atoms with van der Waals surface area (Å²) in [4.78, 5) is 24.2. The molecule has 4 aliphatic rings. The van der Waals surface area contributed by atoms with Crippen LogP contribution in [0.5, 0.6) is 0 Å². The summed E-state index contributed by atoms with van der Waals surface area (Å²) >= 11 is 0. The Morgan fingerprint density at radius 2 is 2.16 bits per heavy atom. The molecular weight excluding hydrogens is 318 g/mol. The Hall–Kier alpha value is -1.73. The highest BCUT2D eigenvalue weighted by molar-refractivity contribution is 5.96. The van der Waals surface area contributed by atoms with Gasteiger partial charge < -0.3 is 15.4 Å². The van der Waals surface area contributed by atoms with E-state index in [9.17, 15) is 4.79 Å². The van der Waals surface area contributed by atoms with E-state index in [4.69, 9.17) is 9.72 Å². The Morgan fingerprint density at radius 3 is 3.00 bits per heavy atom. The van der Waals surface area contributed by atoms with Crippen molar-refractivity contribution in [3.8, 4) is 0 Å². The van der Waals surface area contributed by atoms with Crippen molar-refractivity contribution in [3.05, 3.63) is 17.1 Å². The first-order chi connectivity index (χ1) is 12.2. The van der Waals surface area contributed by atoms with E-state index < -0.39 is 0 Å². The topological polar surface area (TPSA) is 79.4 Å². The fraction of sp³-hybridized carbons (Fsp3) is 0.722. The molecule has 1 amide bonds.